The van der Waals surface area contributed by atoms with E-state index in [1.807, 2.05) is 24.3 Å². The van der Waals surface area contributed by atoms with E-state index in [0.29, 0.717) is 5.56 Å². The zero-order valence-corrected chi connectivity index (χ0v) is 12.0. The van der Waals surface area contributed by atoms with Crippen LogP contribution in [0.25, 0.3) is 22.0 Å². The van der Waals surface area contributed by atoms with Crippen LogP contribution in [0.15, 0.2) is 54.7 Å². The van der Waals surface area contributed by atoms with Gasteiger partial charge >= 0.3 is 5.97 Å². The Balaban J connectivity index is 2.22. The summed E-state index contributed by atoms with van der Waals surface area (Å²) in [6.07, 6.45) is 1.77. The van der Waals surface area contributed by atoms with Crippen LogP contribution in [0.4, 0.5) is 0 Å². The molecule has 0 spiro atoms. The number of pyridine rings is 1. The fourth-order valence-electron chi connectivity index (χ4n) is 2.50. The van der Waals surface area contributed by atoms with Gasteiger partial charge in [-0.25, -0.2) is 4.79 Å². The van der Waals surface area contributed by atoms with Gasteiger partial charge in [0, 0.05) is 11.6 Å². The van der Waals surface area contributed by atoms with E-state index in [1.54, 1.807) is 18.3 Å². The largest absolute Gasteiger partial charge is 0.465 e. The van der Waals surface area contributed by atoms with Crippen molar-refractivity contribution in [3.63, 3.8) is 0 Å². The molecule has 0 aliphatic heterocycles. The maximum absolute atomic E-state index is 11.6. The molecular formula is C18H15NO2. The lowest BCUT2D eigenvalue weighted by Gasteiger charge is -2.10. The van der Waals surface area contributed by atoms with E-state index >= 15 is 0 Å². The standard InChI is InChI=1S/C18H15NO2/c1-12-5-3-4-6-14(12)15-9-10-19-17-11-13(18(20)21-2)7-8-16(15)17/h3-11H,1-2H3. The monoisotopic (exact) mass is 277 g/mol. The molecular weight excluding hydrogens is 262 g/mol. The predicted octanol–water partition coefficient (Wildman–Crippen LogP) is 4.00. The number of nitrogens with zero attached hydrogens (tertiary/aromatic N) is 1. The van der Waals surface area contributed by atoms with E-state index in [2.05, 4.69) is 24.0 Å². The van der Waals surface area contributed by atoms with Gasteiger partial charge in [-0.1, -0.05) is 30.3 Å². The van der Waals surface area contributed by atoms with Gasteiger partial charge in [0.15, 0.2) is 0 Å². The number of methoxy groups -OCH3 is 1. The van der Waals surface area contributed by atoms with E-state index in [1.165, 1.54) is 18.2 Å². The van der Waals surface area contributed by atoms with Crippen molar-refractivity contribution in [1.82, 2.24) is 4.98 Å². The summed E-state index contributed by atoms with van der Waals surface area (Å²) in [5, 5.41) is 1.03. The minimum Gasteiger partial charge on any atom is -0.465 e. The number of ether oxygens (including phenoxy) is 1. The summed E-state index contributed by atoms with van der Waals surface area (Å²) in [6.45, 7) is 2.09. The summed E-state index contributed by atoms with van der Waals surface area (Å²) >= 11 is 0. The third kappa shape index (κ3) is 2.38. The third-order valence-corrected chi connectivity index (χ3v) is 3.60. The summed E-state index contributed by atoms with van der Waals surface area (Å²) in [7, 11) is 1.38. The number of hydrogen-bond donors (Lipinski definition) is 0. The fraction of sp³-hybridized carbons (Fsp3) is 0.111. The first-order valence-electron chi connectivity index (χ1n) is 6.74. The molecule has 0 aliphatic rings. The van der Waals surface area contributed by atoms with Gasteiger partial charge in [0.05, 0.1) is 18.2 Å². The maximum atomic E-state index is 11.6. The first kappa shape index (κ1) is 13.3. The van der Waals surface area contributed by atoms with Crippen molar-refractivity contribution in [3.8, 4) is 11.1 Å². The number of carbonyl (C=O) groups excluding carboxylic acids is 1. The smallest absolute Gasteiger partial charge is 0.337 e. The Morgan fingerprint density at radius 3 is 2.62 bits per heavy atom. The highest BCUT2D eigenvalue weighted by Crippen LogP contribution is 2.30. The summed E-state index contributed by atoms with van der Waals surface area (Å²) in [4.78, 5) is 16.0. The lowest BCUT2D eigenvalue weighted by Crippen LogP contribution is -2.01. The number of benzene rings is 2. The van der Waals surface area contributed by atoms with Gasteiger partial charge in [-0.05, 0) is 41.8 Å². The second-order valence-corrected chi connectivity index (χ2v) is 4.90. The van der Waals surface area contributed by atoms with Gasteiger partial charge in [-0.3, -0.25) is 4.98 Å². The normalized spacial score (nSPS) is 10.6. The van der Waals surface area contributed by atoms with E-state index < -0.39 is 0 Å². The van der Waals surface area contributed by atoms with Crippen LogP contribution in [-0.4, -0.2) is 18.1 Å². The van der Waals surface area contributed by atoms with Crippen molar-refractivity contribution >= 4 is 16.9 Å². The molecule has 0 saturated carbocycles. The number of esters is 1. The highest BCUT2D eigenvalue weighted by molar-refractivity contribution is 5.99. The van der Waals surface area contributed by atoms with Gasteiger partial charge < -0.3 is 4.74 Å². The Labute approximate surface area is 123 Å². The van der Waals surface area contributed by atoms with Gasteiger partial charge in [-0.15, -0.1) is 0 Å². The number of fused-ring (bicyclic) bond motifs is 1. The van der Waals surface area contributed by atoms with Gasteiger partial charge in [-0.2, -0.15) is 0 Å². The number of aryl methyl sites for hydroxylation is 1. The molecule has 3 rings (SSSR count). The van der Waals surface area contributed by atoms with Crippen LogP contribution in [0.2, 0.25) is 0 Å². The molecule has 1 heterocycles. The molecule has 2 aromatic carbocycles. The van der Waals surface area contributed by atoms with Crippen LogP contribution in [0.3, 0.4) is 0 Å². The summed E-state index contributed by atoms with van der Waals surface area (Å²) < 4.78 is 4.75. The minimum atomic E-state index is -0.347. The zero-order valence-electron chi connectivity index (χ0n) is 12.0. The number of aromatic nitrogens is 1. The molecule has 0 atom stereocenters. The Hall–Kier alpha value is -2.68. The molecule has 0 saturated heterocycles. The van der Waals surface area contributed by atoms with E-state index in [4.69, 9.17) is 4.74 Å². The molecule has 0 amide bonds. The van der Waals surface area contributed by atoms with E-state index in [0.717, 1.165) is 16.5 Å². The van der Waals surface area contributed by atoms with Crippen LogP contribution >= 0.6 is 0 Å². The molecule has 0 aliphatic carbocycles. The second kappa shape index (κ2) is 5.37. The number of rotatable bonds is 2. The van der Waals surface area contributed by atoms with Crippen molar-refractivity contribution in [2.24, 2.45) is 0 Å². The minimum absolute atomic E-state index is 0.347. The Bertz CT molecular complexity index is 824. The molecule has 0 bridgehead atoms. The topological polar surface area (TPSA) is 39.2 Å². The first-order chi connectivity index (χ1) is 10.2. The average molecular weight is 277 g/mol. The molecule has 104 valence electrons. The molecule has 3 heteroatoms. The molecule has 3 nitrogen and oxygen atoms in total. The highest BCUT2D eigenvalue weighted by Gasteiger charge is 2.10. The molecule has 0 N–H and O–H groups in total. The number of hydrogen-bond acceptors (Lipinski definition) is 3. The first-order valence-corrected chi connectivity index (χ1v) is 6.74. The van der Waals surface area contributed by atoms with Crippen LogP contribution < -0.4 is 0 Å². The van der Waals surface area contributed by atoms with E-state index in [-0.39, 0.29) is 5.97 Å². The Kier molecular flexibility index (Phi) is 3.40. The second-order valence-electron chi connectivity index (χ2n) is 4.90. The summed E-state index contributed by atoms with van der Waals surface area (Å²) in [6, 6.07) is 15.7. The summed E-state index contributed by atoms with van der Waals surface area (Å²) in [5.41, 5.74) is 4.81. The SMILES string of the molecule is COC(=O)c1ccc2c(-c3ccccc3C)ccnc2c1. The average Bonchev–Trinajstić information content (AvgIpc) is 2.53. The van der Waals surface area contributed by atoms with Crippen molar-refractivity contribution in [1.29, 1.82) is 0 Å². The predicted molar refractivity (Wildman–Crippen MR) is 83.3 cm³/mol. The highest BCUT2D eigenvalue weighted by atomic mass is 16.5. The van der Waals surface area contributed by atoms with Crippen molar-refractivity contribution < 1.29 is 9.53 Å². The molecule has 21 heavy (non-hydrogen) atoms. The van der Waals surface area contributed by atoms with Gasteiger partial charge in [0.1, 0.15) is 0 Å². The zero-order chi connectivity index (χ0) is 14.8. The van der Waals surface area contributed by atoms with Gasteiger partial charge in [0.2, 0.25) is 0 Å². The van der Waals surface area contributed by atoms with Crippen LogP contribution in [0, 0.1) is 6.92 Å². The lowest BCUT2D eigenvalue weighted by molar-refractivity contribution is 0.0601. The van der Waals surface area contributed by atoms with Gasteiger partial charge in [0.25, 0.3) is 0 Å². The molecule has 0 unspecified atom stereocenters. The van der Waals surface area contributed by atoms with Crippen molar-refractivity contribution in [3.05, 3.63) is 65.9 Å². The molecule has 0 radical (unpaired) electrons. The van der Waals surface area contributed by atoms with Crippen LogP contribution in [0.1, 0.15) is 15.9 Å². The van der Waals surface area contributed by atoms with E-state index in [9.17, 15) is 4.79 Å². The van der Waals surface area contributed by atoms with Crippen LogP contribution in [0.5, 0.6) is 0 Å². The van der Waals surface area contributed by atoms with Crippen molar-refractivity contribution in [2.75, 3.05) is 7.11 Å². The quantitative estimate of drug-likeness (QED) is 0.665. The third-order valence-electron chi connectivity index (χ3n) is 3.60. The molecule has 1 aromatic heterocycles. The molecule has 0 fully saturated rings. The van der Waals surface area contributed by atoms with Crippen LogP contribution in [-0.2, 0) is 4.74 Å². The van der Waals surface area contributed by atoms with Crippen molar-refractivity contribution in [2.45, 2.75) is 6.92 Å². The Morgan fingerprint density at radius 2 is 1.86 bits per heavy atom. The Morgan fingerprint density at radius 1 is 1.05 bits per heavy atom. The lowest BCUT2D eigenvalue weighted by atomic mass is 9.97. The summed E-state index contributed by atoms with van der Waals surface area (Å²) in [5.74, 6) is -0.347. The maximum Gasteiger partial charge on any atom is 0.337 e. The fourth-order valence-corrected chi connectivity index (χ4v) is 2.50. The number of carbonyl (C=O) groups is 1. The molecule has 3 aromatic rings.